The predicted molar refractivity (Wildman–Crippen MR) is 295 cm³/mol. The first-order chi connectivity index (χ1) is 32.4. The van der Waals surface area contributed by atoms with Crippen molar-refractivity contribution in [2.45, 2.75) is 55.4 Å². The van der Waals surface area contributed by atoms with E-state index in [4.69, 9.17) is 20.6 Å². The molecule has 0 aliphatic heterocycles. The van der Waals surface area contributed by atoms with Gasteiger partial charge >= 0.3 is 37.1 Å². The van der Waals surface area contributed by atoms with Crippen molar-refractivity contribution in [3.63, 3.8) is 0 Å². The number of benzene rings is 8. The first-order valence-electron chi connectivity index (χ1n) is 23.2. The zero-order valence-electron chi connectivity index (χ0n) is 40.0. The topological polar surface area (TPSA) is 46.2 Å². The van der Waals surface area contributed by atoms with Crippen molar-refractivity contribution in [2.75, 3.05) is 0 Å². The van der Waals surface area contributed by atoms with Crippen molar-refractivity contribution in [2.24, 2.45) is 0 Å². The predicted octanol–water partition coefficient (Wildman–Crippen LogP) is 5.12. The molecule has 0 fully saturated rings. The van der Waals surface area contributed by atoms with Gasteiger partial charge < -0.3 is 20.6 Å². The van der Waals surface area contributed by atoms with Crippen LogP contribution in [0.1, 0.15) is 44.5 Å². The Labute approximate surface area is 408 Å². The molecule has 0 N–H and O–H groups in total. The molecule has 11 heteroatoms. The van der Waals surface area contributed by atoms with Crippen LogP contribution >= 0.6 is 0 Å². The number of rotatable bonds is 18. The molecule has 340 valence electrons. The molecule has 0 aliphatic carbocycles. The van der Waals surface area contributed by atoms with Crippen molar-refractivity contribution in [3.05, 3.63) is 239 Å². The maximum Gasteiger partial charge on any atom is 0.338 e. The van der Waals surface area contributed by atoms with E-state index in [2.05, 4.69) is 250 Å². The first-order valence-corrected chi connectivity index (χ1v) is 32.6. The van der Waals surface area contributed by atoms with Crippen molar-refractivity contribution in [1.82, 2.24) is 0 Å². The Morgan fingerprint density at radius 2 is 0.313 bits per heavy atom. The van der Waals surface area contributed by atoms with Crippen LogP contribution in [0.2, 0.25) is 0 Å². The molecule has 0 amide bonds. The Bertz CT molecular complexity index is 2500. The van der Waals surface area contributed by atoms with Gasteiger partial charge in [-0.1, -0.05) is 239 Å². The zero-order chi connectivity index (χ0) is 46.9. The first kappa shape index (κ1) is 48.3. The quantitative estimate of drug-likeness (QED) is 0.112. The highest BCUT2D eigenvalue weighted by molar-refractivity contribution is 6.90. The molecular weight excluding hydrogens is 921 g/mol. The third kappa shape index (κ3) is 13.1. The van der Waals surface area contributed by atoms with E-state index in [1.165, 1.54) is 65.3 Å². The summed E-state index contributed by atoms with van der Waals surface area (Å²) in [5.74, 6) is 0. The zero-order valence-corrected chi connectivity index (χ0v) is 46.9. The second kappa shape index (κ2) is 22.8. The Morgan fingerprint density at radius 3 is 0.478 bits per heavy atom. The van der Waals surface area contributed by atoms with Gasteiger partial charge in [-0.3, -0.25) is 0 Å². The summed E-state index contributed by atoms with van der Waals surface area (Å²) in [6, 6.07) is 70.4. The van der Waals surface area contributed by atoms with Gasteiger partial charge in [-0.15, -0.1) is 0 Å². The third-order valence-corrected chi connectivity index (χ3v) is 29.9. The second-order valence-corrected chi connectivity index (χ2v) is 33.0. The van der Waals surface area contributed by atoms with E-state index in [9.17, 15) is 0 Å². The Balaban J connectivity index is 1.22. The van der Waals surface area contributed by atoms with Crippen molar-refractivity contribution in [1.29, 1.82) is 0 Å². The molecule has 0 aromatic heterocycles. The molecule has 8 aromatic rings. The van der Waals surface area contributed by atoms with Crippen LogP contribution in [-0.4, -0.2) is 55.2 Å². The van der Waals surface area contributed by atoms with E-state index < -0.39 is 55.2 Å². The lowest BCUT2D eigenvalue weighted by molar-refractivity contribution is 0.352. The molecule has 5 nitrogen and oxygen atoms in total. The molecule has 0 heterocycles. The van der Waals surface area contributed by atoms with Gasteiger partial charge in [-0.2, -0.15) is 0 Å². The Hall–Kier alpha value is -5.14. The molecule has 4 atom stereocenters. The molecule has 8 rings (SSSR count). The van der Waals surface area contributed by atoms with Crippen LogP contribution in [0, 0.1) is 55.4 Å². The Kier molecular flexibility index (Phi) is 16.4. The third-order valence-electron chi connectivity index (χ3n) is 12.2. The average molecular weight is 984 g/mol. The molecule has 0 saturated heterocycles. The maximum absolute atomic E-state index is 7.68. The Morgan fingerprint density at radius 1 is 0.179 bits per heavy atom. The van der Waals surface area contributed by atoms with E-state index in [1.807, 2.05) is 0 Å². The fraction of sp³-hybridized carbons (Fsp3) is 0.143. The van der Waals surface area contributed by atoms with Crippen LogP contribution in [0.3, 0.4) is 0 Å². The highest BCUT2D eigenvalue weighted by Gasteiger charge is 2.36. The lowest BCUT2D eigenvalue weighted by Gasteiger charge is -2.32. The van der Waals surface area contributed by atoms with E-state index in [0.717, 1.165) is 20.7 Å². The van der Waals surface area contributed by atoms with Crippen molar-refractivity contribution < 1.29 is 20.6 Å². The van der Waals surface area contributed by atoms with Gasteiger partial charge in [0.1, 0.15) is 0 Å². The van der Waals surface area contributed by atoms with E-state index in [0.29, 0.717) is 0 Å². The summed E-state index contributed by atoms with van der Waals surface area (Å²) in [5, 5.41) is 9.16. The van der Waals surface area contributed by atoms with Crippen molar-refractivity contribution in [3.8, 4) is 0 Å². The lowest BCUT2D eigenvalue weighted by atomic mass is 10.2. The minimum absolute atomic E-state index is 1.05. The summed E-state index contributed by atoms with van der Waals surface area (Å²) < 4.78 is 38.2. The second-order valence-electron chi connectivity index (χ2n) is 18.1. The molecule has 8 aromatic carbocycles. The maximum atomic E-state index is 7.68. The van der Waals surface area contributed by atoms with E-state index >= 15 is 0 Å². The van der Waals surface area contributed by atoms with Gasteiger partial charge in [0.25, 0.3) is 0 Å². The summed E-state index contributed by atoms with van der Waals surface area (Å²) >= 11 is 0. The fourth-order valence-electron chi connectivity index (χ4n) is 7.90. The molecule has 0 aliphatic rings. The van der Waals surface area contributed by atoms with Crippen LogP contribution < -0.4 is 41.5 Å². The molecule has 0 radical (unpaired) electrons. The van der Waals surface area contributed by atoms with Crippen LogP contribution in [0.15, 0.2) is 194 Å². The number of hydrogen-bond donors (Lipinski definition) is 0. The van der Waals surface area contributed by atoms with Crippen LogP contribution in [-0.2, 0) is 20.6 Å². The smallest absolute Gasteiger partial charge is 0.338 e. The van der Waals surface area contributed by atoms with Gasteiger partial charge in [0, 0.05) is 0 Å². The standard InChI is InChI=1S/C56H62O5Si6/c1-41-9-25-49(26-10-41)62(50-27-11-42(2)12-28-50)57-64(53-33-17-45(5)18-34-53)59-66(55-37-21-47(7)22-38-55)61-67(56-39-23-48(8)24-40-56)60-65(54-35-19-46(6)20-36-54)58-63(51-29-13-43(3)14-30-51)52-31-15-44(4)16-32-52/h9-40,62-67H,1-8H3. The van der Waals surface area contributed by atoms with Gasteiger partial charge in [-0.05, 0) is 96.9 Å². The average Bonchev–Trinajstić information content (AvgIpc) is 3.33. The summed E-state index contributed by atoms with van der Waals surface area (Å²) in [6.07, 6.45) is 0. The summed E-state index contributed by atoms with van der Waals surface area (Å²) in [4.78, 5) is 0. The van der Waals surface area contributed by atoms with Gasteiger partial charge in [0.15, 0.2) is 0 Å². The molecular formula is C56H62O5Si6. The number of hydrogen-bond acceptors (Lipinski definition) is 5. The van der Waals surface area contributed by atoms with Crippen LogP contribution in [0.5, 0.6) is 0 Å². The van der Waals surface area contributed by atoms with Crippen LogP contribution in [0.4, 0.5) is 0 Å². The normalized spacial score (nSPS) is 13.4. The van der Waals surface area contributed by atoms with E-state index in [-0.39, 0.29) is 0 Å². The van der Waals surface area contributed by atoms with Crippen LogP contribution in [0.25, 0.3) is 0 Å². The molecule has 4 unspecified atom stereocenters. The lowest BCUT2D eigenvalue weighted by Crippen LogP contribution is -2.59. The summed E-state index contributed by atoms with van der Waals surface area (Å²) in [6.45, 7) is 17.0. The van der Waals surface area contributed by atoms with Gasteiger partial charge in [0.2, 0.25) is 18.1 Å². The monoisotopic (exact) mass is 982 g/mol. The highest BCUT2D eigenvalue weighted by atomic mass is 28.5. The molecule has 0 spiro atoms. The number of aryl methyl sites for hydroxylation is 8. The molecule has 0 bridgehead atoms. The van der Waals surface area contributed by atoms with Crippen molar-refractivity contribution >= 4 is 96.7 Å². The largest absolute Gasteiger partial charge is 0.430 e. The SMILES string of the molecule is Cc1ccc([SiH](O[SiH](O[SiH](O[SiH](c2ccc(C)cc2)c2ccc(C)cc2)c2ccc(C)cc2)c2ccc(C)cc2)O[SiH](O[SiH](c2ccc(C)cc2)c2ccc(C)cc2)c2ccc(C)cc2)cc1. The summed E-state index contributed by atoms with van der Waals surface area (Å²) in [7, 11) is -15.6. The molecule has 0 saturated carbocycles. The summed E-state index contributed by atoms with van der Waals surface area (Å²) in [5.41, 5.74) is 9.63. The minimum atomic E-state index is -2.81. The fourth-order valence-corrected chi connectivity index (χ4v) is 28.4. The molecule has 67 heavy (non-hydrogen) atoms. The van der Waals surface area contributed by atoms with Gasteiger partial charge in [-0.25, -0.2) is 0 Å². The highest BCUT2D eigenvalue weighted by Crippen LogP contribution is 2.12. The minimum Gasteiger partial charge on any atom is -0.430 e. The van der Waals surface area contributed by atoms with Gasteiger partial charge in [0.05, 0.1) is 0 Å². The van der Waals surface area contributed by atoms with E-state index in [1.54, 1.807) is 0 Å².